The molecule has 0 aliphatic heterocycles. The minimum Gasteiger partial charge on any atom is -0.395 e. The van der Waals surface area contributed by atoms with Gasteiger partial charge in [0, 0.05) is 0 Å². The third-order valence-electron chi connectivity index (χ3n) is 3.19. The average Bonchev–Trinajstić information content (AvgIpc) is 2.96. The smallest absolute Gasteiger partial charge is 0.178 e. The lowest BCUT2D eigenvalue weighted by Gasteiger charge is -2.06. The first-order valence-electron chi connectivity index (χ1n) is 6.88. The van der Waals surface area contributed by atoms with Crippen LogP contribution in [0.25, 0.3) is 11.0 Å². The quantitative estimate of drug-likeness (QED) is 0.647. The number of fused-ring (bicyclic) bond motifs is 1. The highest BCUT2D eigenvalue weighted by atomic mass is 32.2. The lowest BCUT2D eigenvalue weighted by molar-refractivity contribution is 0.0882. The summed E-state index contributed by atoms with van der Waals surface area (Å²) in [5.74, 6) is 0.0314. The molecule has 0 saturated carbocycles. The number of nitrogens with zero attached hydrogens (tertiary/aromatic N) is 3. The van der Waals surface area contributed by atoms with Crippen molar-refractivity contribution in [2.45, 2.75) is 11.3 Å². The summed E-state index contributed by atoms with van der Waals surface area (Å²) in [5, 5.41) is 7.85. The second kappa shape index (κ2) is 6.15. The Kier molecular flexibility index (Phi) is 4.06. The summed E-state index contributed by atoms with van der Waals surface area (Å²) < 4.78 is 24.2. The van der Waals surface area contributed by atoms with Crippen LogP contribution in [0, 0.1) is 0 Å². The minimum absolute atomic E-state index is 0.0314. The van der Waals surface area contributed by atoms with Gasteiger partial charge in [-0.3, -0.25) is 0 Å². The second-order valence-corrected chi connectivity index (χ2v) is 6.88. The Morgan fingerprint density at radius 1 is 1.00 bits per heavy atom. The molecule has 0 amide bonds. The maximum Gasteiger partial charge on any atom is 0.178 e. The lowest BCUT2D eigenvalue weighted by atomic mass is 10.3. The van der Waals surface area contributed by atoms with E-state index in [0.29, 0.717) is 11.3 Å². The van der Waals surface area contributed by atoms with Crippen molar-refractivity contribution in [2.75, 3.05) is 12.4 Å². The molecular formula is C15H15N3O3S. The van der Waals surface area contributed by atoms with E-state index in [1.165, 1.54) is 4.85 Å². The van der Waals surface area contributed by atoms with E-state index in [1.807, 2.05) is 24.3 Å². The topological polar surface area (TPSA) is 74.1 Å². The fraction of sp³-hybridized carbons (Fsp3) is 0.200. The zero-order chi connectivity index (χ0) is 15.4. The molecule has 0 unspecified atom stereocenters. The summed E-state index contributed by atoms with van der Waals surface area (Å²) in [6, 6.07) is 15.8. The number of sulfone groups is 1. The minimum atomic E-state index is -3.27. The normalized spacial score (nSPS) is 11.6. The van der Waals surface area contributed by atoms with E-state index in [2.05, 4.69) is 10.3 Å². The van der Waals surface area contributed by atoms with E-state index in [0.717, 1.165) is 11.0 Å². The van der Waals surface area contributed by atoms with Gasteiger partial charge in [0.05, 0.1) is 10.6 Å². The fourth-order valence-electron chi connectivity index (χ4n) is 2.09. The molecule has 114 valence electrons. The van der Waals surface area contributed by atoms with Crippen LogP contribution < -0.4 is 4.84 Å². The molecule has 0 atom stereocenters. The van der Waals surface area contributed by atoms with Gasteiger partial charge in [-0.05, 0) is 35.9 Å². The van der Waals surface area contributed by atoms with Crippen LogP contribution in [0.1, 0.15) is 6.42 Å². The van der Waals surface area contributed by atoms with Gasteiger partial charge in [-0.1, -0.05) is 35.2 Å². The predicted molar refractivity (Wildman–Crippen MR) is 82.1 cm³/mol. The number of para-hydroxylation sites is 1. The van der Waals surface area contributed by atoms with Crippen LogP contribution in [-0.2, 0) is 9.84 Å². The molecule has 0 aliphatic carbocycles. The zero-order valence-corrected chi connectivity index (χ0v) is 12.6. The number of hydrogen-bond acceptors (Lipinski definition) is 5. The number of benzene rings is 2. The molecule has 2 aromatic carbocycles. The van der Waals surface area contributed by atoms with E-state index >= 15 is 0 Å². The fourth-order valence-corrected chi connectivity index (χ4v) is 3.39. The molecular weight excluding hydrogens is 302 g/mol. The highest BCUT2D eigenvalue weighted by molar-refractivity contribution is 7.91. The third kappa shape index (κ3) is 3.09. The Labute approximate surface area is 128 Å². The molecule has 3 aromatic rings. The van der Waals surface area contributed by atoms with E-state index in [4.69, 9.17) is 4.84 Å². The summed E-state index contributed by atoms with van der Waals surface area (Å²) in [6.45, 7) is 0.249. The van der Waals surface area contributed by atoms with Gasteiger partial charge < -0.3 is 4.84 Å². The van der Waals surface area contributed by atoms with Crippen LogP contribution in [0.2, 0.25) is 0 Å². The zero-order valence-electron chi connectivity index (χ0n) is 11.8. The van der Waals surface area contributed by atoms with Gasteiger partial charge in [-0.15, -0.1) is 5.10 Å². The molecule has 0 aliphatic rings. The van der Waals surface area contributed by atoms with Gasteiger partial charge in [-0.2, -0.15) is 0 Å². The van der Waals surface area contributed by atoms with Crippen molar-refractivity contribution < 1.29 is 13.3 Å². The van der Waals surface area contributed by atoms with Crippen molar-refractivity contribution in [1.82, 2.24) is 15.2 Å². The molecule has 0 N–H and O–H groups in total. The third-order valence-corrected chi connectivity index (χ3v) is 5.01. The lowest BCUT2D eigenvalue weighted by Crippen LogP contribution is -2.17. The van der Waals surface area contributed by atoms with E-state index in [-0.39, 0.29) is 12.4 Å². The van der Waals surface area contributed by atoms with E-state index < -0.39 is 9.84 Å². The van der Waals surface area contributed by atoms with E-state index in [1.54, 1.807) is 30.3 Å². The van der Waals surface area contributed by atoms with E-state index in [9.17, 15) is 8.42 Å². The highest BCUT2D eigenvalue weighted by Crippen LogP contribution is 2.11. The number of hydrogen-bond donors (Lipinski definition) is 0. The van der Waals surface area contributed by atoms with Gasteiger partial charge >= 0.3 is 0 Å². The molecule has 0 bridgehead atoms. The van der Waals surface area contributed by atoms with Crippen molar-refractivity contribution in [3.8, 4) is 0 Å². The Morgan fingerprint density at radius 2 is 1.73 bits per heavy atom. The Balaban J connectivity index is 1.58. The molecule has 3 rings (SSSR count). The molecule has 0 radical (unpaired) electrons. The highest BCUT2D eigenvalue weighted by Gasteiger charge is 2.13. The van der Waals surface area contributed by atoms with Crippen LogP contribution in [0.5, 0.6) is 0 Å². The van der Waals surface area contributed by atoms with Gasteiger partial charge in [0.2, 0.25) is 0 Å². The van der Waals surface area contributed by atoms with Gasteiger partial charge in [-0.25, -0.2) is 8.42 Å². The Morgan fingerprint density at radius 3 is 2.55 bits per heavy atom. The SMILES string of the molecule is O=S(=O)(CCCOn1nnc2ccccc21)c1ccccc1. The Hall–Kier alpha value is -2.41. The monoisotopic (exact) mass is 317 g/mol. The van der Waals surface area contributed by atoms with Gasteiger partial charge in [0.25, 0.3) is 0 Å². The maximum absolute atomic E-state index is 12.1. The molecule has 0 spiro atoms. The predicted octanol–water partition coefficient (Wildman–Crippen LogP) is 1.72. The van der Waals surface area contributed by atoms with Crippen LogP contribution in [0.15, 0.2) is 59.5 Å². The van der Waals surface area contributed by atoms with Crippen molar-refractivity contribution in [3.05, 3.63) is 54.6 Å². The van der Waals surface area contributed by atoms with Crippen molar-refractivity contribution >= 4 is 20.9 Å². The molecule has 0 fully saturated rings. The summed E-state index contributed by atoms with van der Waals surface area (Å²) in [7, 11) is -3.27. The second-order valence-electron chi connectivity index (χ2n) is 4.77. The summed E-state index contributed by atoms with van der Waals surface area (Å²) in [5.41, 5.74) is 1.49. The summed E-state index contributed by atoms with van der Waals surface area (Å²) in [4.78, 5) is 7.13. The van der Waals surface area contributed by atoms with Gasteiger partial charge in [0.15, 0.2) is 9.84 Å². The first kappa shape index (κ1) is 14.5. The maximum atomic E-state index is 12.1. The van der Waals surface area contributed by atoms with Crippen LogP contribution in [-0.4, -0.2) is 35.9 Å². The molecule has 1 heterocycles. The largest absolute Gasteiger partial charge is 0.395 e. The first-order valence-corrected chi connectivity index (χ1v) is 8.53. The molecule has 6 nitrogen and oxygen atoms in total. The number of rotatable bonds is 6. The van der Waals surface area contributed by atoms with Crippen LogP contribution in [0.4, 0.5) is 0 Å². The first-order chi connectivity index (χ1) is 10.7. The molecule has 7 heteroatoms. The van der Waals surface area contributed by atoms with Crippen molar-refractivity contribution in [2.24, 2.45) is 0 Å². The van der Waals surface area contributed by atoms with Crippen LogP contribution in [0.3, 0.4) is 0 Å². The van der Waals surface area contributed by atoms with Crippen molar-refractivity contribution in [3.63, 3.8) is 0 Å². The molecule has 22 heavy (non-hydrogen) atoms. The van der Waals surface area contributed by atoms with Gasteiger partial charge in [0.1, 0.15) is 17.6 Å². The summed E-state index contributed by atoms with van der Waals surface area (Å²) >= 11 is 0. The standard InChI is InChI=1S/C15H15N3O3S/c19-22(20,13-7-2-1-3-8-13)12-6-11-21-18-15-10-5-4-9-14(15)16-17-18/h1-5,7-10H,6,11-12H2. The number of aromatic nitrogens is 3. The molecule has 0 saturated heterocycles. The van der Waals surface area contributed by atoms with Crippen molar-refractivity contribution in [1.29, 1.82) is 0 Å². The average molecular weight is 317 g/mol. The Bertz CT molecular complexity index is 860. The summed E-state index contributed by atoms with van der Waals surface area (Å²) in [6.07, 6.45) is 0.380. The molecule has 1 aromatic heterocycles. The van der Waals surface area contributed by atoms with Crippen LogP contribution >= 0.6 is 0 Å².